The summed E-state index contributed by atoms with van der Waals surface area (Å²) in [5.74, 6) is 0.702. The summed E-state index contributed by atoms with van der Waals surface area (Å²) in [6.07, 6.45) is 0. The molecule has 0 aliphatic carbocycles. The van der Waals surface area contributed by atoms with Crippen molar-refractivity contribution in [3.05, 3.63) is 35.1 Å². The van der Waals surface area contributed by atoms with Crippen LogP contribution in [0.5, 0.6) is 0 Å². The van der Waals surface area contributed by atoms with E-state index in [-0.39, 0.29) is 11.7 Å². The third-order valence-electron chi connectivity index (χ3n) is 3.75. The molecule has 3 N–H and O–H groups in total. The molecule has 0 amide bonds. The lowest BCUT2D eigenvalue weighted by Gasteiger charge is -2.37. The number of nitrogens with one attached hydrogen (secondary N) is 1. The van der Waals surface area contributed by atoms with Crippen molar-refractivity contribution in [3.8, 4) is 0 Å². The van der Waals surface area contributed by atoms with Gasteiger partial charge in [0.1, 0.15) is 11.7 Å². The maximum absolute atomic E-state index is 13.3. The lowest BCUT2D eigenvalue weighted by atomic mass is 10.0. The Balaban J connectivity index is 2.21. The Kier molecular flexibility index (Phi) is 4.47. The van der Waals surface area contributed by atoms with Gasteiger partial charge in [-0.15, -0.1) is 0 Å². The molecule has 1 aromatic rings. The lowest BCUT2D eigenvalue weighted by Crippen LogP contribution is -2.44. The molecule has 2 atom stereocenters. The Morgan fingerprint density at radius 2 is 2.26 bits per heavy atom. The van der Waals surface area contributed by atoms with E-state index in [4.69, 9.17) is 11.1 Å². The van der Waals surface area contributed by atoms with E-state index in [9.17, 15) is 4.39 Å². The average molecular weight is 281 g/mol. The van der Waals surface area contributed by atoms with E-state index < -0.39 is 0 Å². The molecule has 0 bridgehead atoms. The fraction of sp³-hybridized carbons (Fsp3) is 0.500. The molecule has 0 aromatic heterocycles. The number of halogens is 1. The maximum Gasteiger partial charge on any atom is 0.123 e. The van der Waals surface area contributed by atoms with Crippen molar-refractivity contribution >= 4 is 17.6 Å². The van der Waals surface area contributed by atoms with Crippen molar-refractivity contribution in [2.45, 2.75) is 31.7 Å². The number of hydrogen-bond acceptors (Lipinski definition) is 3. The van der Waals surface area contributed by atoms with Gasteiger partial charge in [0.05, 0.1) is 0 Å². The number of nitrogens with zero attached hydrogens (tertiary/aromatic N) is 1. The molecule has 0 spiro atoms. The van der Waals surface area contributed by atoms with Crippen LogP contribution in [-0.4, -0.2) is 34.3 Å². The van der Waals surface area contributed by atoms with Gasteiger partial charge in [-0.2, -0.15) is 11.8 Å². The molecule has 2 unspecified atom stereocenters. The maximum atomic E-state index is 13.3. The smallest absolute Gasteiger partial charge is 0.123 e. The van der Waals surface area contributed by atoms with E-state index in [1.807, 2.05) is 11.8 Å². The van der Waals surface area contributed by atoms with Gasteiger partial charge in [0.15, 0.2) is 0 Å². The third kappa shape index (κ3) is 3.28. The lowest BCUT2D eigenvalue weighted by molar-refractivity contribution is 0.204. The zero-order chi connectivity index (χ0) is 14.0. The molecule has 2 rings (SSSR count). The summed E-state index contributed by atoms with van der Waals surface area (Å²) >= 11 is 1.98. The van der Waals surface area contributed by atoms with Crippen LogP contribution in [0.1, 0.15) is 25.0 Å². The zero-order valence-corrected chi connectivity index (χ0v) is 12.1. The van der Waals surface area contributed by atoms with Gasteiger partial charge in [0.25, 0.3) is 0 Å². The highest BCUT2D eigenvalue weighted by Crippen LogP contribution is 2.26. The Labute approximate surface area is 117 Å². The SMILES string of the molecule is CC1SCCN(Cc2ccc(F)cc2C(=N)N)C1C. The molecule has 0 saturated carbocycles. The summed E-state index contributed by atoms with van der Waals surface area (Å²) in [6.45, 7) is 6.19. The standard InChI is InChI=1S/C14H20FN3S/c1-9-10(2)19-6-5-18(9)8-11-3-4-12(15)7-13(11)14(16)17/h3-4,7,9-10H,5-6,8H2,1-2H3,(H3,16,17). The molecule has 0 radical (unpaired) electrons. The van der Waals surface area contributed by atoms with Crippen LogP contribution >= 0.6 is 11.8 Å². The molecule has 1 fully saturated rings. The molecule has 1 aromatic carbocycles. The molecule has 1 aliphatic heterocycles. The monoisotopic (exact) mass is 281 g/mol. The summed E-state index contributed by atoms with van der Waals surface area (Å²) in [7, 11) is 0. The van der Waals surface area contributed by atoms with E-state index >= 15 is 0 Å². The van der Waals surface area contributed by atoms with Gasteiger partial charge in [0.2, 0.25) is 0 Å². The van der Waals surface area contributed by atoms with Crippen LogP contribution in [0.3, 0.4) is 0 Å². The summed E-state index contributed by atoms with van der Waals surface area (Å²) in [6, 6.07) is 5.01. The predicted octanol–water partition coefficient (Wildman–Crippen LogP) is 2.44. The Morgan fingerprint density at radius 3 is 2.95 bits per heavy atom. The summed E-state index contributed by atoms with van der Waals surface area (Å²) in [5, 5.41) is 8.16. The van der Waals surface area contributed by atoms with Gasteiger partial charge in [-0.3, -0.25) is 10.3 Å². The van der Waals surface area contributed by atoms with E-state index in [1.54, 1.807) is 6.07 Å². The van der Waals surface area contributed by atoms with Crippen LogP contribution in [-0.2, 0) is 6.54 Å². The Bertz CT molecular complexity index is 478. The van der Waals surface area contributed by atoms with Gasteiger partial charge in [0, 0.05) is 35.7 Å². The first kappa shape index (κ1) is 14.3. The fourth-order valence-electron chi connectivity index (χ4n) is 2.37. The van der Waals surface area contributed by atoms with Crippen molar-refractivity contribution in [1.29, 1.82) is 5.41 Å². The number of rotatable bonds is 3. The van der Waals surface area contributed by atoms with Crippen LogP contribution in [0.4, 0.5) is 4.39 Å². The summed E-state index contributed by atoms with van der Waals surface area (Å²) in [5.41, 5.74) is 6.99. The van der Waals surface area contributed by atoms with E-state index in [1.165, 1.54) is 12.1 Å². The highest BCUT2D eigenvalue weighted by atomic mass is 32.2. The van der Waals surface area contributed by atoms with Crippen LogP contribution in [0, 0.1) is 11.2 Å². The predicted molar refractivity (Wildman–Crippen MR) is 79.2 cm³/mol. The van der Waals surface area contributed by atoms with Crippen LogP contribution in [0.25, 0.3) is 0 Å². The highest BCUT2D eigenvalue weighted by molar-refractivity contribution is 8.00. The first-order valence-electron chi connectivity index (χ1n) is 6.47. The van der Waals surface area contributed by atoms with Crippen molar-refractivity contribution in [2.24, 2.45) is 5.73 Å². The van der Waals surface area contributed by atoms with Gasteiger partial charge in [-0.25, -0.2) is 4.39 Å². The number of benzene rings is 1. The second-order valence-electron chi connectivity index (χ2n) is 5.00. The van der Waals surface area contributed by atoms with Gasteiger partial charge in [-0.1, -0.05) is 13.0 Å². The van der Waals surface area contributed by atoms with Crippen LogP contribution in [0.15, 0.2) is 18.2 Å². The normalized spacial score (nSPS) is 24.4. The number of hydrogen-bond donors (Lipinski definition) is 2. The number of nitrogens with two attached hydrogens (primary N) is 1. The number of nitrogen functional groups attached to an aromatic ring is 1. The van der Waals surface area contributed by atoms with E-state index in [0.29, 0.717) is 16.9 Å². The van der Waals surface area contributed by atoms with Crippen molar-refractivity contribution < 1.29 is 4.39 Å². The first-order valence-corrected chi connectivity index (χ1v) is 7.52. The fourth-order valence-corrected chi connectivity index (χ4v) is 3.54. The third-order valence-corrected chi connectivity index (χ3v) is 5.09. The van der Waals surface area contributed by atoms with E-state index in [0.717, 1.165) is 24.4 Å². The van der Waals surface area contributed by atoms with Crippen molar-refractivity contribution in [1.82, 2.24) is 4.90 Å². The zero-order valence-electron chi connectivity index (χ0n) is 11.3. The highest BCUT2D eigenvalue weighted by Gasteiger charge is 2.25. The molecule has 5 heteroatoms. The molecule has 1 aliphatic rings. The summed E-state index contributed by atoms with van der Waals surface area (Å²) in [4.78, 5) is 2.38. The quantitative estimate of drug-likeness (QED) is 0.661. The van der Waals surface area contributed by atoms with Crippen LogP contribution in [0.2, 0.25) is 0 Å². The van der Waals surface area contributed by atoms with Crippen molar-refractivity contribution in [2.75, 3.05) is 12.3 Å². The Hall–Kier alpha value is -1.07. The van der Waals surface area contributed by atoms with Crippen molar-refractivity contribution in [3.63, 3.8) is 0 Å². The minimum Gasteiger partial charge on any atom is -0.384 e. The first-order chi connectivity index (χ1) is 8.99. The number of amidine groups is 1. The molecular formula is C14H20FN3S. The summed E-state index contributed by atoms with van der Waals surface area (Å²) < 4.78 is 13.3. The van der Waals surface area contributed by atoms with Crippen LogP contribution < -0.4 is 5.73 Å². The van der Waals surface area contributed by atoms with Gasteiger partial charge in [-0.05, 0) is 24.6 Å². The topological polar surface area (TPSA) is 53.1 Å². The molecule has 104 valence electrons. The van der Waals surface area contributed by atoms with E-state index in [2.05, 4.69) is 18.7 Å². The second-order valence-corrected chi connectivity index (χ2v) is 6.49. The molecule has 3 nitrogen and oxygen atoms in total. The second kappa shape index (κ2) is 5.92. The average Bonchev–Trinajstić information content (AvgIpc) is 2.36. The largest absolute Gasteiger partial charge is 0.384 e. The van der Waals surface area contributed by atoms with Gasteiger partial charge < -0.3 is 5.73 Å². The molecule has 1 heterocycles. The minimum atomic E-state index is -0.343. The Morgan fingerprint density at radius 1 is 1.53 bits per heavy atom. The number of thioether (sulfide) groups is 1. The van der Waals surface area contributed by atoms with Gasteiger partial charge >= 0.3 is 0 Å². The minimum absolute atomic E-state index is 0.0680. The molecule has 1 saturated heterocycles. The molecule has 19 heavy (non-hydrogen) atoms. The molecular weight excluding hydrogens is 261 g/mol.